The predicted molar refractivity (Wildman–Crippen MR) is 92.5 cm³/mol. The molecule has 0 atom stereocenters. The molecule has 1 saturated heterocycles. The normalized spacial score (nSPS) is 14.8. The quantitative estimate of drug-likeness (QED) is 0.698. The van der Waals surface area contributed by atoms with Crippen LogP contribution < -0.4 is 11.1 Å². The molecule has 10 heteroatoms. The summed E-state index contributed by atoms with van der Waals surface area (Å²) in [6, 6.07) is 3.06. The van der Waals surface area contributed by atoms with Crippen molar-refractivity contribution in [3.8, 4) is 0 Å². The third-order valence-electron chi connectivity index (χ3n) is 4.35. The number of piperidine rings is 1. The number of amides is 1. The molecule has 142 valence electrons. The number of nitrogens with one attached hydrogen (secondary N) is 1. The molecule has 0 unspecified atom stereocenters. The lowest BCUT2D eigenvalue weighted by Gasteiger charge is -2.30. The molecule has 0 saturated carbocycles. The number of hydrogen-bond donors (Lipinski definition) is 3. The third-order valence-corrected chi connectivity index (χ3v) is 4.35. The summed E-state index contributed by atoms with van der Waals surface area (Å²) >= 11 is 0. The Labute approximate surface area is 153 Å². The van der Waals surface area contributed by atoms with Crippen molar-refractivity contribution in [2.24, 2.45) is 0 Å². The summed E-state index contributed by atoms with van der Waals surface area (Å²) < 4.78 is 27.6. The Balaban J connectivity index is 1.73. The number of nitrogens with two attached hydrogens (primary N) is 1. The van der Waals surface area contributed by atoms with Crippen LogP contribution in [0.5, 0.6) is 0 Å². The average molecular weight is 377 g/mol. The topological polar surface area (TPSA) is 121 Å². The SMILES string of the molecule is Nc1nc(NC2CCN(C(=O)O)CC2)ncc1C(=O)c1c(F)cccc1F. The van der Waals surface area contributed by atoms with Crippen molar-refractivity contribution >= 4 is 23.6 Å². The number of nitrogen functional groups attached to an aromatic ring is 1. The number of nitrogens with zero attached hydrogens (tertiary/aromatic N) is 3. The van der Waals surface area contributed by atoms with Crippen molar-refractivity contribution in [2.45, 2.75) is 18.9 Å². The van der Waals surface area contributed by atoms with Crippen molar-refractivity contribution in [3.05, 3.63) is 47.2 Å². The standard InChI is InChI=1S/C17H17F2N5O3/c18-11-2-1-3-12(19)13(11)14(25)10-8-21-16(23-15(10)20)22-9-4-6-24(7-5-9)17(26)27/h1-3,8-9H,4-7H2,(H,26,27)(H3,20,21,22,23). The highest BCUT2D eigenvalue weighted by Gasteiger charge is 2.24. The van der Waals surface area contributed by atoms with Gasteiger partial charge in [0.05, 0.1) is 11.1 Å². The van der Waals surface area contributed by atoms with Crippen LogP contribution in [0.2, 0.25) is 0 Å². The van der Waals surface area contributed by atoms with E-state index in [-0.39, 0.29) is 23.4 Å². The van der Waals surface area contributed by atoms with Gasteiger partial charge in [0.2, 0.25) is 11.7 Å². The van der Waals surface area contributed by atoms with Crippen LogP contribution in [0.4, 0.5) is 25.3 Å². The molecule has 0 radical (unpaired) electrons. The Hall–Kier alpha value is -3.30. The summed E-state index contributed by atoms with van der Waals surface area (Å²) in [5, 5.41) is 12.0. The lowest BCUT2D eigenvalue weighted by atomic mass is 10.0. The fourth-order valence-corrected chi connectivity index (χ4v) is 2.89. The van der Waals surface area contributed by atoms with E-state index >= 15 is 0 Å². The van der Waals surface area contributed by atoms with Crippen LogP contribution in [0.15, 0.2) is 24.4 Å². The Morgan fingerprint density at radius 2 is 1.85 bits per heavy atom. The van der Waals surface area contributed by atoms with Gasteiger partial charge in [-0.25, -0.2) is 18.6 Å². The molecule has 1 aliphatic rings. The van der Waals surface area contributed by atoms with Crippen LogP contribution in [0.1, 0.15) is 28.8 Å². The van der Waals surface area contributed by atoms with E-state index in [9.17, 15) is 18.4 Å². The van der Waals surface area contributed by atoms with Crippen LogP contribution in [-0.4, -0.2) is 51.0 Å². The zero-order valence-electron chi connectivity index (χ0n) is 14.2. The number of ketones is 1. The van der Waals surface area contributed by atoms with Gasteiger partial charge in [-0.3, -0.25) is 4.79 Å². The minimum atomic E-state index is -0.994. The number of carbonyl (C=O) groups excluding carboxylic acids is 1. The summed E-state index contributed by atoms with van der Waals surface area (Å²) in [7, 11) is 0. The average Bonchev–Trinajstić information content (AvgIpc) is 2.62. The monoisotopic (exact) mass is 377 g/mol. The van der Waals surface area contributed by atoms with Crippen molar-refractivity contribution in [3.63, 3.8) is 0 Å². The number of rotatable bonds is 4. The third kappa shape index (κ3) is 3.94. The zero-order chi connectivity index (χ0) is 19.6. The second-order valence-corrected chi connectivity index (χ2v) is 6.11. The number of aromatic nitrogens is 2. The zero-order valence-corrected chi connectivity index (χ0v) is 14.2. The van der Waals surface area contributed by atoms with Crippen LogP contribution in [0.3, 0.4) is 0 Å². The van der Waals surface area contributed by atoms with E-state index in [1.807, 2.05) is 0 Å². The first kappa shape index (κ1) is 18.5. The highest BCUT2D eigenvalue weighted by molar-refractivity contribution is 6.11. The van der Waals surface area contributed by atoms with Gasteiger partial charge in [0.25, 0.3) is 0 Å². The lowest BCUT2D eigenvalue weighted by molar-refractivity contribution is 0.103. The van der Waals surface area contributed by atoms with E-state index in [1.54, 1.807) is 0 Å². The van der Waals surface area contributed by atoms with Crippen molar-refractivity contribution < 1.29 is 23.5 Å². The molecule has 0 spiro atoms. The molecule has 0 bridgehead atoms. The highest BCUT2D eigenvalue weighted by Crippen LogP contribution is 2.21. The summed E-state index contributed by atoms with van der Waals surface area (Å²) in [6.45, 7) is 0.761. The fraction of sp³-hybridized carbons (Fsp3) is 0.294. The highest BCUT2D eigenvalue weighted by atomic mass is 19.1. The van der Waals surface area contributed by atoms with Gasteiger partial charge >= 0.3 is 6.09 Å². The van der Waals surface area contributed by atoms with Gasteiger partial charge in [-0.15, -0.1) is 0 Å². The number of likely N-dealkylation sites (tertiary alicyclic amines) is 1. The van der Waals surface area contributed by atoms with Crippen LogP contribution in [0, 0.1) is 11.6 Å². The minimum Gasteiger partial charge on any atom is -0.465 e. The number of benzene rings is 1. The van der Waals surface area contributed by atoms with Crippen LogP contribution in [-0.2, 0) is 0 Å². The van der Waals surface area contributed by atoms with Crippen molar-refractivity contribution in [1.82, 2.24) is 14.9 Å². The number of halogens is 2. The van der Waals surface area contributed by atoms with Gasteiger partial charge in [0.1, 0.15) is 17.5 Å². The molecule has 8 nitrogen and oxygen atoms in total. The number of carboxylic acid groups (broad SMARTS) is 1. The maximum Gasteiger partial charge on any atom is 0.407 e. The van der Waals surface area contributed by atoms with Gasteiger partial charge < -0.3 is 21.1 Å². The maximum absolute atomic E-state index is 13.8. The Morgan fingerprint density at radius 3 is 2.41 bits per heavy atom. The molecule has 2 heterocycles. The Kier molecular flexibility index (Phi) is 5.15. The Morgan fingerprint density at radius 1 is 1.22 bits per heavy atom. The first-order valence-electron chi connectivity index (χ1n) is 8.22. The second kappa shape index (κ2) is 7.52. The van der Waals surface area contributed by atoms with Gasteiger partial charge in [-0.2, -0.15) is 4.98 Å². The maximum atomic E-state index is 13.8. The molecule has 2 aromatic rings. The second-order valence-electron chi connectivity index (χ2n) is 6.11. The summed E-state index contributed by atoms with van der Waals surface area (Å²) in [5.41, 5.74) is 4.87. The first-order chi connectivity index (χ1) is 12.9. The molecule has 1 fully saturated rings. The molecule has 4 N–H and O–H groups in total. The van der Waals surface area contributed by atoms with Gasteiger partial charge in [0.15, 0.2) is 0 Å². The van der Waals surface area contributed by atoms with E-state index in [4.69, 9.17) is 10.8 Å². The molecule has 3 rings (SSSR count). The van der Waals surface area contributed by atoms with Crippen molar-refractivity contribution in [1.29, 1.82) is 0 Å². The molecular formula is C17H17F2N5O3. The Bertz CT molecular complexity index is 865. The van der Waals surface area contributed by atoms with E-state index in [0.29, 0.717) is 25.9 Å². The van der Waals surface area contributed by atoms with Gasteiger partial charge in [-0.1, -0.05) is 6.07 Å². The van der Waals surface area contributed by atoms with E-state index < -0.39 is 29.1 Å². The van der Waals surface area contributed by atoms with Crippen LogP contribution in [0.25, 0.3) is 0 Å². The summed E-state index contributed by atoms with van der Waals surface area (Å²) in [4.78, 5) is 32.6. The van der Waals surface area contributed by atoms with Crippen LogP contribution >= 0.6 is 0 Å². The number of anilines is 2. The van der Waals surface area contributed by atoms with Crippen molar-refractivity contribution in [2.75, 3.05) is 24.1 Å². The predicted octanol–water partition coefficient (Wildman–Crippen LogP) is 2.12. The smallest absolute Gasteiger partial charge is 0.407 e. The molecule has 1 aliphatic heterocycles. The largest absolute Gasteiger partial charge is 0.465 e. The van der Waals surface area contributed by atoms with Gasteiger partial charge in [0, 0.05) is 25.3 Å². The minimum absolute atomic E-state index is 0.0504. The van der Waals surface area contributed by atoms with E-state index in [0.717, 1.165) is 24.4 Å². The van der Waals surface area contributed by atoms with E-state index in [1.165, 1.54) is 4.90 Å². The van der Waals surface area contributed by atoms with Gasteiger partial charge in [-0.05, 0) is 25.0 Å². The molecule has 1 aromatic heterocycles. The molecular weight excluding hydrogens is 360 g/mol. The summed E-state index contributed by atoms with van der Waals surface area (Å²) in [5.74, 6) is -2.97. The summed E-state index contributed by atoms with van der Waals surface area (Å²) in [6.07, 6.45) is 1.29. The van der Waals surface area contributed by atoms with E-state index in [2.05, 4.69) is 15.3 Å². The number of hydrogen-bond acceptors (Lipinski definition) is 6. The lowest BCUT2D eigenvalue weighted by Crippen LogP contribution is -2.41. The molecule has 1 amide bonds. The molecule has 27 heavy (non-hydrogen) atoms. The first-order valence-corrected chi connectivity index (χ1v) is 8.22. The molecule has 0 aliphatic carbocycles. The number of carbonyl (C=O) groups is 2. The molecule has 1 aromatic carbocycles. The fourth-order valence-electron chi connectivity index (χ4n) is 2.89.